The van der Waals surface area contributed by atoms with Crippen molar-refractivity contribution in [3.05, 3.63) is 23.8 Å². The molecule has 0 aromatic heterocycles. The highest BCUT2D eigenvalue weighted by Gasteiger charge is 2.33. The lowest BCUT2D eigenvalue weighted by atomic mass is 9.86. The number of methoxy groups -OCH3 is 2. The van der Waals surface area contributed by atoms with Crippen LogP contribution in [0.15, 0.2) is 18.2 Å². The van der Waals surface area contributed by atoms with Gasteiger partial charge in [-0.2, -0.15) is 0 Å². The minimum atomic E-state index is -1.13. The van der Waals surface area contributed by atoms with Gasteiger partial charge < -0.3 is 19.7 Å². The molecule has 18 heavy (non-hydrogen) atoms. The number of hydrogen-bond donors (Lipinski definition) is 2. The summed E-state index contributed by atoms with van der Waals surface area (Å²) in [4.78, 5) is 0. The van der Waals surface area contributed by atoms with E-state index in [0.29, 0.717) is 29.9 Å². The maximum absolute atomic E-state index is 10.3. The molecule has 0 aliphatic carbocycles. The number of benzene rings is 1. The molecule has 0 amide bonds. The summed E-state index contributed by atoms with van der Waals surface area (Å²) in [5.41, 5.74) is -0.533. The molecular formula is C14H22O4. The highest BCUT2D eigenvalue weighted by Crippen LogP contribution is 2.35. The van der Waals surface area contributed by atoms with E-state index in [0.717, 1.165) is 0 Å². The third-order valence-electron chi connectivity index (χ3n) is 3.42. The van der Waals surface area contributed by atoms with E-state index < -0.39 is 11.7 Å². The van der Waals surface area contributed by atoms with Gasteiger partial charge in [-0.15, -0.1) is 0 Å². The molecule has 1 atom stereocenters. The van der Waals surface area contributed by atoms with E-state index in [1.165, 1.54) is 0 Å². The lowest BCUT2D eigenvalue weighted by Crippen LogP contribution is -2.34. The van der Waals surface area contributed by atoms with E-state index in [-0.39, 0.29) is 0 Å². The summed E-state index contributed by atoms with van der Waals surface area (Å²) in [5.74, 6) is 1.19. The number of aliphatic hydroxyl groups is 2. The van der Waals surface area contributed by atoms with Crippen LogP contribution in [-0.2, 0) is 0 Å². The van der Waals surface area contributed by atoms with Gasteiger partial charge in [-0.05, 0) is 30.5 Å². The molecule has 0 saturated carbocycles. The van der Waals surface area contributed by atoms with Gasteiger partial charge in [0.2, 0.25) is 0 Å². The van der Waals surface area contributed by atoms with Crippen molar-refractivity contribution in [3.63, 3.8) is 0 Å². The molecule has 4 nitrogen and oxygen atoms in total. The summed E-state index contributed by atoms with van der Waals surface area (Å²) in [5, 5.41) is 20.7. The third kappa shape index (κ3) is 2.94. The number of rotatable bonds is 6. The van der Waals surface area contributed by atoms with E-state index in [1.54, 1.807) is 32.4 Å². The van der Waals surface area contributed by atoms with E-state index >= 15 is 0 Å². The van der Waals surface area contributed by atoms with Crippen molar-refractivity contribution in [3.8, 4) is 11.5 Å². The monoisotopic (exact) mass is 254 g/mol. The number of aliphatic hydroxyl groups excluding tert-OH is 1. The first-order valence-corrected chi connectivity index (χ1v) is 6.14. The highest BCUT2D eigenvalue weighted by atomic mass is 16.5. The second-order valence-electron chi connectivity index (χ2n) is 4.36. The molecule has 0 aliphatic rings. The van der Waals surface area contributed by atoms with Gasteiger partial charge in [0.05, 0.1) is 19.8 Å². The van der Waals surface area contributed by atoms with E-state index in [2.05, 4.69) is 0 Å². The van der Waals surface area contributed by atoms with Crippen LogP contribution >= 0.6 is 0 Å². The van der Waals surface area contributed by atoms with Crippen LogP contribution in [0.25, 0.3) is 0 Å². The van der Waals surface area contributed by atoms with Crippen molar-refractivity contribution in [1.29, 1.82) is 0 Å². The molecule has 0 radical (unpaired) electrons. The lowest BCUT2D eigenvalue weighted by molar-refractivity contribution is -0.0821. The molecule has 2 N–H and O–H groups in total. The van der Waals surface area contributed by atoms with Crippen LogP contribution in [0.2, 0.25) is 0 Å². The fourth-order valence-corrected chi connectivity index (χ4v) is 1.93. The summed E-state index contributed by atoms with van der Waals surface area (Å²) in [6.07, 6.45) is -0.00881. The Hall–Kier alpha value is -1.26. The molecule has 4 heteroatoms. The predicted molar refractivity (Wildman–Crippen MR) is 70.0 cm³/mol. The lowest BCUT2D eigenvalue weighted by Gasteiger charge is -2.31. The van der Waals surface area contributed by atoms with E-state index in [9.17, 15) is 10.2 Å². The fraction of sp³-hybridized carbons (Fsp3) is 0.571. The van der Waals surface area contributed by atoms with Gasteiger partial charge in [0.1, 0.15) is 17.6 Å². The molecule has 0 bridgehead atoms. The fourth-order valence-electron chi connectivity index (χ4n) is 1.93. The zero-order chi connectivity index (χ0) is 13.8. The van der Waals surface area contributed by atoms with Gasteiger partial charge in [-0.3, -0.25) is 0 Å². The quantitative estimate of drug-likeness (QED) is 0.817. The molecule has 0 spiro atoms. The zero-order valence-electron chi connectivity index (χ0n) is 11.4. The summed E-state index contributed by atoms with van der Waals surface area (Å²) >= 11 is 0. The van der Waals surface area contributed by atoms with Gasteiger partial charge in [-0.1, -0.05) is 13.8 Å². The first-order chi connectivity index (χ1) is 8.50. The first kappa shape index (κ1) is 14.8. The highest BCUT2D eigenvalue weighted by molar-refractivity contribution is 5.40. The van der Waals surface area contributed by atoms with Gasteiger partial charge >= 0.3 is 0 Å². The van der Waals surface area contributed by atoms with Gasteiger partial charge in [0.15, 0.2) is 0 Å². The maximum atomic E-state index is 10.3. The predicted octanol–water partition coefficient (Wildman–Crippen LogP) is 2.29. The average Bonchev–Trinajstić information content (AvgIpc) is 2.44. The van der Waals surface area contributed by atoms with Crippen LogP contribution < -0.4 is 9.47 Å². The average molecular weight is 254 g/mol. The van der Waals surface area contributed by atoms with Crippen molar-refractivity contribution < 1.29 is 19.7 Å². The third-order valence-corrected chi connectivity index (χ3v) is 3.42. The van der Waals surface area contributed by atoms with E-state index in [1.807, 2.05) is 13.8 Å². The second-order valence-corrected chi connectivity index (χ2v) is 4.36. The normalized spacial score (nSPS) is 13.2. The summed E-state index contributed by atoms with van der Waals surface area (Å²) < 4.78 is 10.3. The van der Waals surface area contributed by atoms with Crippen LogP contribution in [0.4, 0.5) is 0 Å². The molecule has 1 aromatic carbocycles. The van der Waals surface area contributed by atoms with Gasteiger partial charge in [0, 0.05) is 6.07 Å². The molecular weight excluding hydrogens is 232 g/mol. The second kappa shape index (κ2) is 6.07. The standard InChI is InChI=1S/C14H22O4/c1-5-14(16,6-2)13(15)10-7-11(17-3)9-12(8-10)18-4/h7-9,13,15-16H,5-6H2,1-4H3. The van der Waals surface area contributed by atoms with E-state index in [4.69, 9.17) is 9.47 Å². The van der Waals surface area contributed by atoms with Crippen LogP contribution in [0.3, 0.4) is 0 Å². The minimum absolute atomic E-state index is 0.476. The van der Waals surface area contributed by atoms with Crippen molar-refractivity contribution in [2.24, 2.45) is 0 Å². The van der Waals surface area contributed by atoms with Crippen molar-refractivity contribution in [2.75, 3.05) is 14.2 Å². The Morgan fingerprint density at radius 1 is 1.06 bits per heavy atom. The van der Waals surface area contributed by atoms with Gasteiger partial charge in [-0.25, -0.2) is 0 Å². The molecule has 0 saturated heterocycles. The Morgan fingerprint density at radius 3 is 1.83 bits per heavy atom. The van der Waals surface area contributed by atoms with Crippen molar-refractivity contribution >= 4 is 0 Å². The largest absolute Gasteiger partial charge is 0.497 e. The molecule has 1 aromatic rings. The Bertz CT molecular complexity index is 363. The zero-order valence-corrected chi connectivity index (χ0v) is 11.4. The minimum Gasteiger partial charge on any atom is -0.497 e. The van der Waals surface area contributed by atoms with Crippen molar-refractivity contribution in [2.45, 2.75) is 38.4 Å². The summed E-state index contributed by atoms with van der Waals surface area (Å²) in [6.45, 7) is 3.70. The Kier molecular flexibility index (Phi) is 4.99. The smallest absolute Gasteiger partial charge is 0.122 e. The maximum Gasteiger partial charge on any atom is 0.122 e. The van der Waals surface area contributed by atoms with Crippen molar-refractivity contribution in [1.82, 2.24) is 0 Å². The Labute approximate surface area is 108 Å². The van der Waals surface area contributed by atoms with Gasteiger partial charge in [0.25, 0.3) is 0 Å². The number of hydrogen-bond acceptors (Lipinski definition) is 4. The topological polar surface area (TPSA) is 58.9 Å². The molecule has 0 heterocycles. The van der Waals surface area contributed by atoms with Crippen LogP contribution in [0, 0.1) is 0 Å². The van der Waals surface area contributed by atoms with Crippen LogP contribution in [-0.4, -0.2) is 30.0 Å². The number of ether oxygens (including phenoxy) is 2. The SMILES string of the molecule is CCC(O)(CC)C(O)c1cc(OC)cc(OC)c1. The molecule has 1 rings (SSSR count). The Balaban J connectivity index is 3.15. The molecule has 1 unspecified atom stereocenters. The molecule has 0 fully saturated rings. The van der Waals surface area contributed by atoms with Crippen LogP contribution in [0.1, 0.15) is 38.4 Å². The summed E-state index contributed by atoms with van der Waals surface area (Å²) in [6, 6.07) is 5.15. The Morgan fingerprint density at radius 2 is 1.50 bits per heavy atom. The first-order valence-electron chi connectivity index (χ1n) is 6.14. The summed E-state index contributed by atoms with van der Waals surface area (Å²) in [7, 11) is 3.10. The molecule has 0 aliphatic heterocycles. The van der Waals surface area contributed by atoms with Crippen LogP contribution in [0.5, 0.6) is 11.5 Å². The molecule has 102 valence electrons.